The van der Waals surface area contributed by atoms with Crippen LogP contribution >= 0.6 is 18.6 Å². The molecular weight excluding hydrogens is 131 g/mol. The van der Waals surface area contributed by atoms with E-state index in [1.807, 2.05) is 0 Å². The topological polar surface area (TPSA) is 26.3 Å². The highest BCUT2D eigenvalue weighted by Crippen LogP contribution is 2.42. The van der Waals surface area contributed by atoms with Gasteiger partial charge in [0, 0.05) is 5.75 Å². The molecule has 1 atom stereocenters. The maximum atomic E-state index is 10.4. The molecule has 7 heavy (non-hydrogen) atoms. The second-order valence-electron chi connectivity index (χ2n) is 1.24. The third-order valence-corrected chi connectivity index (χ3v) is 3.25. The maximum absolute atomic E-state index is 10.4. The predicted molar refractivity (Wildman–Crippen MR) is 30.6 cm³/mol. The van der Waals surface area contributed by atoms with Gasteiger partial charge in [0.05, 0.1) is 0 Å². The lowest BCUT2D eigenvalue weighted by Gasteiger charge is -1.93. The molecule has 0 bridgehead atoms. The Kier molecular flexibility index (Phi) is 2.10. The van der Waals surface area contributed by atoms with E-state index in [1.165, 1.54) is 11.4 Å². The summed E-state index contributed by atoms with van der Waals surface area (Å²) in [5.41, 5.74) is 0. The Morgan fingerprint density at radius 1 is 1.71 bits per heavy atom. The molecule has 0 radical (unpaired) electrons. The second-order valence-corrected chi connectivity index (χ2v) is 4.28. The van der Waals surface area contributed by atoms with E-state index in [4.69, 9.17) is 4.52 Å². The van der Waals surface area contributed by atoms with E-state index in [-0.39, 0.29) is 0 Å². The van der Waals surface area contributed by atoms with Gasteiger partial charge in [0.25, 0.3) is 0 Å². The number of hydrogen-bond donors (Lipinski definition) is 0. The van der Waals surface area contributed by atoms with Gasteiger partial charge in [-0.3, -0.25) is 0 Å². The van der Waals surface area contributed by atoms with Crippen molar-refractivity contribution in [3.8, 4) is 0 Å². The smallest absolute Gasteiger partial charge is 0.136 e. The summed E-state index contributed by atoms with van der Waals surface area (Å²) in [6.07, 6.45) is 1.05. The summed E-state index contributed by atoms with van der Waals surface area (Å²) in [5, 5.41) is 0. The van der Waals surface area contributed by atoms with Crippen LogP contribution in [0.1, 0.15) is 6.42 Å². The van der Waals surface area contributed by atoms with E-state index < -0.39 is 7.23 Å². The Hall–Kier alpha value is 0.410. The van der Waals surface area contributed by atoms with Gasteiger partial charge in [-0.15, -0.1) is 4.52 Å². The standard InChI is InChI=1S/C3H6O2PS/c4-6-5-2-1-3-7-6/h1-3H2/q+1. The minimum absolute atomic E-state index is 0.683. The Balaban J connectivity index is 2.25. The zero-order chi connectivity index (χ0) is 5.11. The van der Waals surface area contributed by atoms with Crippen molar-refractivity contribution in [3.63, 3.8) is 0 Å². The summed E-state index contributed by atoms with van der Waals surface area (Å²) in [6, 6.07) is 0. The molecule has 0 aromatic heterocycles. The quantitative estimate of drug-likeness (QED) is 0.476. The SMILES string of the molecule is O=[P+]1OCCCS1. The molecule has 1 aliphatic rings. The molecule has 4 heteroatoms. The first kappa shape index (κ1) is 5.54. The summed E-state index contributed by atoms with van der Waals surface area (Å²) in [4.78, 5) is 0. The zero-order valence-electron chi connectivity index (χ0n) is 3.79. The molecule has 0 aromatic carbocycles. The molecule has 1 saturated heterocycles. The highest BCUT2D eigenvalue weighted by Gasteiger charge is 2.23. The van der Waals surface area contributed by atoms with Crippen molar-refractivity contribution >= 4 is 18.6 Å². The third-order valence-electron chi connectivity index (χ3n) is 0.682. The molecule has 2 nitrogen and oxygen atoms in total. The fourth-order valence-electron chi connectivity index (χ4n) is 0.374. The van der Waals surface area contributed by atoms with Gasteiger partial charge in [0.2, 0.25) is 0 Å². The molecule has 0 spiro atoms. The first-order valence-corrected chi connectivity index (χ1v) is 4.89. The molecule has 1 rings (SSSR count). The fraction of sp³-hybridized carbons (Fsp3) is 1.00. The van der Waals surface area contributed by atoms with Crippen LogP contribution in [0.4, 0.5) is 0 Å². The van der Waals surface area contributed by atoms with Crippen LogP contribution in [0.3, 0.4) is 0 Å². The Bertz CT molecular complexity index is 77.0. The lowest BCUT2D eigenvalue weighted by molar-refractivity contribution is 0.335. The summed E-state index contributed by atoms with van der Waals surface area (Å²) < 4.78 is 15.1. The van der Waals surface area contributed by atoms with Crippen LogP contribution in [-0.4, -0.2) is 12.4 Å². The largest absolute Gasteiger partial charge is 0.585 e. The first-order chi connectivity index (χ1) is 3.39. The van der Waals surface area contributed by atoms with Gasteiger partial charge in [-0.1, -0.05) is 0 Å². The van der Waals surface area contributed by atoms with Gasteiger partial charge in [0.15, 0.2) is 11.4 Å². The van der Waals surface area contributed by atoms with Crippen LogP contribution in [0.15, 0.2) is 0 Å². The molecule has 1 fully saturated rings. The first-order valence-electron chi connectivity index (χ1n) is 2.13. The predicted octanol–water partition coefficient (Wildman–Crippen LogP) is 1.80. The lowest BCUT2D eigenvalue weighted by atomic mass is 10.5. The van der Waals surface area contributed by atoms with E-state index in [9.17, 15) is 4.57 Å². The molecule has 0 amide bonds. The van der Waals surface area contributed by atoms with Crippen LogP contribution in [0, 0.1) is 0 Å². The average Bonchev–Trinajstić information content (AvgIpc) is 1.69. The summed E-state index contributed by atoms with van der Waals surface area (Å²) in [5.74, 6) is 0.995. The fourth-order valence-corrected chi connectivity index (χ4v) is 2.40. The molecule has 0 saturated carbocycles. The van der Waals surface area contributed by atoms with Crippen LogP contribution < -0.4 is 0 Å². The average molecular weight is 137 g/mol. The minimum atomic E-state index is -1.32. The molecule has 0 aromatic rings. The molecule has 40 valence electrons. The zero-order valence-corrected chi connectivity index (χ0v) is 5.50. The van der Waals surface area contributed by atoms with Crippen molar-refractivity contribution in [2.24, 2.45) is 0 Å². The Morgan fingerprint density at radius 2 is 2.57 bits per heavy atom. The van der Waals surface area contributed by atoms with Crippen LogP contribution in [0.2, 0.25) is 0 Å². The second kappa shape index (κ2) is 2.65. The van der Waals surface area contributed by atoms with E-state index in [2.05, 4.69) is 0 Å². The van der Waals surface area contributed by atoms with Gasteiger partial charge in [-0.05, 0) is 11.0 Å². The Labute approximate surface area is 47.2 Å². The highest BCUT2D eigenvalue weighted by molar-refractivity contribution is 8.50. The van der Waals surface area contributed by atoms with Crippen LogP contribution in [-0.2, 0) is 9.09 Å². The third kappa shape index (κ3) is 1.76. The molecule has 0 aliphatic carbocycles. The van der Waals surface area contributed by atoms with Gasteiger partial charge >= 0.3 is 7.23 Å². The number of rotatable bonds is 0. The maximum Gasteiger partial charge on any atom is 0.585 e. The van der Waals surface area contributed by atoms with Crippen LogP contribution in [0.25, 0.3) is 0 Å². The van der Waals surface area contributed by atoms with Gasteiger partial charge in [-0.2, -0.15) is 0 Å². The Morgan fingerprint density at radius 3 is 2.86 bits per heavy atom. The van der Waals surface area contributed by atoms with Gasteiger partial charge in [-0.25, -0.2) is 0 Å². The van der Waals surface area contributed by atoms with E-state index >= 15 is 0 Å². The van der Waals surface area contributed by atoms with Crippen molar-refractivity contribution in [1.82, 2.24) is 0 Å². The molecule has 1 aliphatic heterocycles. The summed E-state index contributed by atoms with van der Waals surface area (Å²) in [6.45, 7) is 0.683. The van der Waals surface area contributed by atoms with Gasteiger partial charge in [0.1, 0.15) is 6.61 Å². The number of hydrogen-bond acceptors (Lipinski definition) is 3. The van der Waals surface area contributed by atoms with Gasteiger partial charge < -0.3 is 0 Å². The molecule has 1 unspecified atom stereocenters. The highest BCUT2D eigenvalue weighted by atomic mass is 32.7. The van der Waals surface area contributed by atoms with Crippen molar-refractivity contribution in [3.05, 3.63) is 0 Å². The van der Waals surface area contributed by atoms with E-state index in [0.29, 0.717) is 6.61 Å². The van der Waals surface area contributed by atoms with E-state index in [1.54, 1.807) is 0 Å². The monoisotopic (exact) mass is 137 g/mol. The molecule has 0 N–H and O–H groups in total. The molecule has 1 heterocycles. The summed E-state index contributed by atoms with van der Waals surface area (Å²) >= 11 is 1.41. The normalized spacial score (nSPS) is 27.7. The summed E-state index contributed by atoms with van der Waals surface area (Å²) in [7, 11) is -1.32. The van der Waals surface area contributed by atoms with Crippen LogP contribution in [0.5, 0.6) is 0 Å². The van der Waals surface area contributed by atoms with Crippen molar-refractivity contribution < 1.29 is 9.09 Å². The van der Waals surface area contributed by atoms with E-state index in [0.717, 1.165) is 12.2 Å². The minimum Gasteiger partial charge on any atom is -0.136 e. The lowest BCUT2D eigenvalue weighted by Crippen LogP contribution is -1.92. The van der Waals surface area contributed by atoms with Crippen molar-refractivity contribution in [2.45, 2.75) is 6.42 Å². The van der Waals surface area contributed by atoms with Crippen molar-refractivity contribution in [2.75, 3.05) is 12.4 Å². The van der Waals surface area contributed by atoms with Crippen molar-refractivity contribution in [1.29, 1.82) is 0 Å². The molecular formula is C3H6O2PS+.